The lowest BCUT2D eigenvalue weighted by Gasteiger charge is -2.07. The van der Waals surface area contributed by atoms with Crippen molar-refractivity contribution < 1.29 is 23.1 Å². The van der Waals surface area contributed by atoms with Gasteiger partial charge in [-0.2, -0.15) is 0 Å². The van der Waals surface area contributed by atoms with Crippen molar-refractivity contribution in [2.75, 3.05) is 0 Å². The van der Waals surface area contributed by atoms with Gasteiger partial charge in [-0.15, -0.1) is 0 Å². The number of benzene rings is 2. The second-order valence-corrected chi connectivity index (χ2v) is 6.64. The molecule has 22 heavy (non-hydrogen) atoms. The maximum absolute atomic E-state index is 12.4. The third-order valence-corrected chi connectivity index (χ3v) is 4.75. The number of phenolic OH excluding ortho intramolecular Hbond substituents is 1. The van der Waals surface area contributed by atoms with Crippen LogP contribution in [0.4, 0.5) is 0 Å². The standard InChI is InChI=1S/C16H16O5S/c1-2-3-16(18)21-13-6-10-15(11-7-13)22(19,20)14-8-4-12(17)5-9-14/h4-11,17H,2-3H2,1H3. The van der Waals surface area contributed by atoms with Crippen LogP contribution in [0.3, 0.4) is 0 Å². The number of sulfone groups is 1. The number of carbonyl (C=O) groups is 1. The van der Waals surface area contributed by atoms with E-state index in [1.165, 1.54) is 48.5 Å². The molecule has 1 N–H and O–H groups in total. The SMILES string of the molecule is CCCC(=O)Oc1ccc(S(=O)(=O)c2ccc(O)cc2)cc1. The van der Waals surface area contributed by atoms with Crippen molar-refractivity contribution in [1.29, 1.82) is 0 Å². The molecule has 2 aromatic rings. The number of hydrogen-bond acceptors (Lipinski definition) is 5. The van der Waals surface area contributed by atoms with Gasteiger partial charge in [0, 0.05) is 6.42 Å². The van der Waals surface area contributed by atoms with E-state index in [4.69, 9.17) is 4.74 Å². The molecule has 0 bridgehead atoms. The molecule has 0 amide bonds. The Labute approximate surface area is 129 Å². The maximum Gasteiger partial charge on any atom is 0.311 e. The van der Waals surface area contributed by atoms with Crippen molar-refractivity contribution in [3.63, 3.8) is 0 Å². The molecule has 116 valence electrons. The van der Waals surface area contributed by atoms with Gasteiger partial charge in [0.2, 0.25) is 9.84 Å². The smallest absolute Gasteiger partial charge is 0.311 e. The first-order valence-electron chi connectivity index (χ1n) is 6.78. The Morgan fingerprint density at radius 1 is 1.00 bits per heavy atom. The molecule has 0 unspecified atom stereocenters. The Balaban J connectivity index is 2.22. The van der Waals surface area contributed by atoms with E-state index in [0.29, 0.717) is 18.6 Å². The highest BCUT2D eigenvalue weighted by molar-refractivity contribution is 7.91. The third kappa shape index (κ3) is 3.65. The fourth-order valence-corrected chi connectivity index (χ4v) is 3.10. The zero-order valence-corrected chi connectivity index (χ0v) is 12.8. The van der Waals surface area contributed by atoms with Crippen molar-refractivity contribution in [2.45, 2.75) is 29.6 Å². The monoisotopic (exact) mass is 320 g/mol. The highest BCUT2D eigenvalue weighted by Gasteiger charge is 2.17. The van der Waals surface area contributed by atoms with Gasteiger partial charge >= 0.3 is 5.97 Å². The van der Waals surface area contributed by atoms with Gasteiger partial charge in [0.05, 0.1) is 9.79 Å². The van der Waals surface area contributed by atoms with Crippen molar-refractivity contribution in [3.05, 3.63) is 48.5 Å². The molecule has 6 heteroatoms. The quantitative estimate of drug-likeness (QED) is 0.677. The summed E-state index contributed by atoms with van der Waals surface area (Å²) in [5, 5.41) is 9.21. The van der Waals surface area contributed by atoms with Gasteiger partial charge in [-0.05, 0) is 55.0 Å². The summed E-state index contributed by atoms with van der Waals surface area (Å²) >= 11 is 0. The molecule has 0 aromatic heterocycles. The van der Waals surface area contributed by atoms with E-state index < -0.39 is 9.84 Å². The first kappa shape index (κ1) is 16.0. The van der Waals surface area contributed by atoms with Gasteiger partial charge < -0.3 is 9.84 Å². The van der Waals surface area contributed by atoms with Gasteiger partial charge in [0.1, 0.15) is 11.5 Å². The Kier molecular flexibility index (Phi) is 4.82. The number of carbonyl (C=O) groups excluding carboxylic acids is 1. The molecule has 0 saturated heterocycles. The van der Waals surface area contributed by atoms with E-state index in [1.807, 2.05) is 6.92 Å². The Bertz CT molecular complexity index is 746. The summed E-state index contributed by atoms with van der Waals surface area (Å²) in [6.45, 7) is 1.87. The minimum Gasteiger partial charge on any atom is -0.508 e. The molecule has 0 spiro atoms. The van der Waals surface area contributed by atoms with Crippen LogP contribution in [0.1, 0.15) is 19.8 Å². The molecule has 5 nitrogen and oxygen atoms in total. The molecule has 0 aliphatic carbocycles. The fourth-order valence-electron chi connectivity index (χ4n) is 1.83. The van der Waals surface area contributed by atoms with Crippen LogP contribution in [-0.2, 0) is 14.6 Å². The van der Waals surface area contributed by atoms with Crippen LogP contribution >= 0.6 is 0 Å². The first-order chi connectivity index (χ1) is 10.4. The van der Waals surface area contributed by atoms with E-state index in [-0.39, 0.29) is 21.5 Å². The number of rotatable bonds is 5. The Morgan fingerprint density at radius 3 is 2.00 bits per heavy atom. The average molecular weight is 320 g/mol. The van der Waals surface area contributed by atoms with E-state index in [0.717, 1.165) is 0 Å². The summed E-state index contributed by atoms with van der Waals surface area (Å²) in [5.41, 5.74) is 0. The van der Waals surface area contributed by atoms with Crippen LogP contribution in [0.2, 0.25) is 0 Å². The highest BCUT2D eigenvalue weighted by atomic mass is 32.2. The molecule has 0 fully saturated rings. The third-order valence-electron chi connectivity index (χ3n) is 2.97. The van der Waals surface area contributed by atoms with Gasteiger partial charge in [-0.25, -0.2) is 8.42 Å². The minimum absolute atomic E-state index is 0.00265. The number of hydrogen-bond donors (Lipinski definition) is 1. The van der Waals surface area contributed by atoms with Crippen LogP contribution in [0.5, 0.6) is 11.5 Å². The Hall–Kier alpha value is -2.34. The number of phenols is 1. The van der Waals surface area contributed by atoms with Crippen molar-refractivity contribution in [1.82, 2.24) is 0 Å². The van der Waals surface area contributed by atoms with Gasteiger partial charge in [-0.1, -0.05) is 6.92 Å². The molecular formula is C16H16O5S. The zero-order chi connectivity index (χ0) is 16.2. The number of esters is 1. The normalized spacial score (nSPS) is 11.1. The van der Waals surface area contributed by atoms with Crippen LogP contribution in [-0.4, -0.2) is 19.5 Å². The van der Waals surface area contributed by atoms with Gasteiger partial charge in [0.25, 0.3) is 0 Å². The molecular weight excluding hydrogens is 304 g/mol. The Morgan fingerprint density at radius 2 is 1.50 bits per heavy atom. The lowest BCUT2D eigenvalue weighted by atomic mass is 10.3. The fraction of sp³-hybridized carbons (Fsp3) is 0.188. The second-order valence-electron chi connectivity index (χ2n) is 4.69. The van der Waals surface area contributed by atoms with Gasteiger partial charge in [-0.3, -0.25) is 4.79 Å². The topological polar surface area (TPSA) is 80.7 Å². The van der Waals surface area contributed by atoms with E-state index in [1.54, 1.807) is 0 Å². The summed E-state index contributed by atoms with van der Waals surface area (Å²) < 4.78 is 29.9. The molecule has 0 radical (unpaired) electrons. The summed E-state index contributed by atoms with van der Waals surface area (Å²) in [6, 6.07) is 11.0. The highest BCUT2D eigenvalue weighted by Crippen LogP contribution is 2.24. The summed E-state index contributed by atoms with van der Waals surface area (Å²) in [7, 11) is -3.66. The van der Waals surface area contributed by atoms with Crippen LogP contribution in [0.15, 0.2) is 58.3 Å². The lowest BCUT2D eigenvalue weighted by molar-refractivity contribution is -0.134. The van der Waals surface area contributed by atoms with E-state index in [9.17, 15) is 18.3 Å². The molecule has 0 atom stereocenters. The van der Waals surface area contributed by atoms with Crippen molar-refractivity contribution in [3.8, 4) is 11.5 Å². The van der Waals surface area contributed by atoms with E-state index in [2.05, 4.69) is 0 Å². The van der Waals surface area contributed by atoms with Crippen LogP contribution < -0.4 is 4.74 Å². The van der Waals surface area contributed by atoms with E-state index >= 15 is 0 Å². The van der Waals surface area contributed by atoms with Crippen LogP contribution in [0, 0.1) is 0 Å². The molecule has 2 aromatic carbocycles. The van der Waals surface area contributed by atoms with Gasteiger partial charge in [0.15, 0.2) is 0 Å². The zero-order valence-electron chi connectivity index (χ0n) is 12.0. The van der Waals surface area contributed by atoms with Crippen LogP contribution in [0.25, 0.3) is 0 Å². The first-order valence-corrected chi connectivity index (χ1v) is 8.26. The van der Waals surface area contributed by atoms with Crippen molar-refractivity contribution in [2.24, 2.45) is 0 Å². The largest absolute Gasteiger partial charge is 0.508 e. The second kappa shape index (κ2) is 6.62. The summed E-state index contributed by atoms with van der Waals surface area (Å²) in [6.07, 6.45) is 1.000. The maximum atomic E-state index is 12.4. The molecule has 0 aliphatic heterocycles. The summed E-state index contributed by atoms with van der Waals surface area (Å²) in [5.74, 6) is -0.0446. The number of ether oxygens (including phenoxy) is 1. The number of aromatic hydroxyl groups is 1. The minimum atomic E-state index is -3.66. The summed E-state index contributed by atoms with van der Waals surface area (Å²) in [4.78, 5) is 11.6. The molecule has 0 aliphatic rings. The molecule has 0 saturated carbocycles. The lowest BCUT2D eigenvalue weighted by Crippen LogP contribution is -2.07. The predicted octanol–water partition coefficient (Wildman–Crippen LogP) is 2.93. The molecule has 0 heterocycles. The molecule has 2 rings (SSSR count). The average Bonchev–Trinajstić information content (AvgIpc) is 2.48. The van der Waals surface area contributed by atoms with Crippen molar-refractivity contribution >= 4 is 15.8 Å². The predicted molar refractivity (Wildman–Crippen MR) is 80.5 cm³/mol.